The van der Waals surface area contributed by atoms with E-state index in [2.05, 4.69) is 47.3 Å². The van der Waals surface area contributed by atoms with Crippen LogP contribution >= 0.6 is 0 Å². The van der Waals surface area contributed by atoms with E-state index in [0.717, 1.165) is 18.1 Å². The first kappa shape index (κ1) is 14.5. The Morgan fingerprint density at radius 3 is 2.50 bits per heavy atom. The Labute approximate surface area is 119 Å². The highest BCUT2D eigenvalue weighted by Crippen LogP contribution is 2.11. The summed E-state index contributed by atoms with van der Waals surface area (Å²) in [7, 11) is 0. The molecule has 2 rings (SSSR count). The average molecular weight is 271 g/mol. The third-order valence-electron chi connectivity index (χ3n) is 3.05. The van der Waals surface area contributed by atoms with Gasteiger partial charge in [-0.2, -0.15) is 0 Å². The second kappa shape index (κ2) is 6.48. The maximum absolute atomic E-state index is 11.7. The molecule has 0 unspecified atom stereocenters. The molecule has 0 aliphatic rings. The molecule has 1 heterocycles. The Morgan fingerprint density at radius 2 is 1.85 bits per heavy atom. The lowest BCUT2D eigenvalue weighted by Gasteiger charge is -2.07. The molecule has 0 saturated heterocycles. The monoisotopic (exact) mass is 271 g/mol. The van der Waals surface area contributed by atoms with Crippen LogP contribution in [-0.2, 0) is 13.0 Å². The van der Waals surface area contributed by atoms with Gasteiger partial charge in [-0.3, -0.25) is 4.79 Å². The van der Waals surface area contributed by atoms with Gasteiger partial charge < -0.3 is 10.3 Å². The molecule has 0 bridgehead atoms. The first-order valence-corrected chi connectivity index (χ1v) is 6.94. The molecular weight excluding hydrogens is 250 g/mol. The van der Waals surface area contributed by atoms with Gasteiger partial charge in [-0.25, -0.2) is 4.98 Å². The van der Waals surface area contributed by atoms with Crippen molar-refractivity contribution in [1.29, 1.82) is 0 Å². The van der Waals surface area contributed by atoms with E-state index in [0.29, 0.717) is 13.0 Å². The molecule has 0 amide bonds. The van der Waals surface area contributed by atoms with Crippen molar-refractivity contribution >= 4 is 0 Å². The molecule has 20 heavy (non-hydrogen) atoms. The Bertz CT molecular complexity index is 626. The van der Waals surface area contributed by atoms with Crippen molar-refractivity contribution in [1.82, 2.24) is 15.3 Å². The fourth-order valence-corrected chi connectivity index (χ4v) is 2.35. The Kier molecular flexibility index (Phi) is 4.69. The number of H-pyrrole nitrogens is 1. The number of nitrogens with zero attached hydrogens (tertiary/aromatic N) is 1. The van der Waals surface area contributed by atoms with Gasteiger partial charge in [0.05, 0.1) is 5.69 Å². The second-order valence-corrected chi connectivity index (χ2v) is 5.14. The summed E-state index contributed by atoms with van der Waals surface area (Å²) in [6.45, 7) is 7.67. The van der Waals surface area contributed by atoms with Crippen LogP contribution < -0.4 is 10.9 Å². The summed E-state index contributed by atoms with van der Waals surface area (Å²) in [6.07, 6.45) is 0.651. The van der Waals surface area contributed by atoms with E-state index in [1.165, 1.54) is 16.7 Å². The van der Waals surface area contributed by atoms with Crippen LogP contribution in [0, 0.1) is 13.8 Å². The maximum atomic E-state index is 11.7. The molecule has 4 nitrogen and oxygen atoms in total. The zero-order valence-electron chi connectivity index (χ0n) is 12.3. The predicted octanol–water partition coefficient (Wildman–Crippen LogP) is 2.09. The van der Waals surface area contributed by atoms with Crippen molar-refractivity contribution in [2.75, 3.05) is 6.54 Å². The molecule has 0 radical (unpaired) electrons. The largest absolute Gasteiger partial charge is 0.311 e. The SMILES string of the molecule is CCNCc1cc(=O)[nH]c(Cc2cc(C)cc(C)c2)n1. The van der Waals surface area contributed by atoms with E-state index in [-0.39, 0.29) is 5.56 Å². The number of aryl methyl sites for hydroxylation is 2. The lowest BCUT2D eigenvalue weighted by Crippen LogP contribution is -2.18. The normalized spacial score (nSPS) is 10.8. The minimum atomic E-state index is -0.0905. The topological polar surface area (TPSA) is 57.8 Å². The summed E-state index contributed by atoms with van der Waals surface area (Å²) in [4.78, 5) is 19.0. The summed E-state index contributed by atoms with van der Waals surface area (Å²) in [5.41, 5.74) is 4.32. The quantitative estimate of drug-likeness (QED) is 0.875. The van der Waals surface area contributed by atoms with Gasteiger partial charge in [-0.15, -0.1) is 0 Å². The molecule has 2 aromatic rings. The van der Waals surface area contributed by atoms with Crippen molar-refractivity contribution in [2.45, 2.75) is 33.7 Å². The molecule has 0 spiro atoms. The van der Waals surface area contributed by atoms with Gasteiger partial charge in [-0.1, -0.05) is 36.2 Å². The first-order chi connectivity index (χ1) is 9.56. The van der Waals surface area contributed by atoms with E-state index >= 15 is 0 Å². The van der Waals surface area contributed by atoms with E-state index in [4.69, 9.17) is 0 Å². The summed E-state index contributed by atoms with van der Waals surface area (Å²) in [5.74, 6) is 0.718. The molecule has 4 heteroatoms. The number of nitrogens with one attached hydrogen (secondary N) is 2. The van der Waals surface area contributed by atoms with Crippen molar-refractivity contribution in [3.63, 3.8) is 0 Å². The van der Waals surface area contributed by atoms with E-state index < -0.39 is 0 Å². The molecule has 0 aliphatic carbocycles. The molecule has 0 fully saturated rings. The summed E-state index contributed by atoms with van der Waals surface area (Å²) in [5, 5.41) is 3.19. The number of rotatable bonds is 5. The molecule has 106 valence electrons. The lowest BCUT2D eigenvalue weighted by atomic mass is 10.0. The third-order valence-corrected chi connectivity index (χ3v) is 3.05. The van der Waals surface area contributed by atoms with E-state index in [1.54, 1.807) is 6.07 Å². The lowest BCUT2D eigenvalue weighted by molar-refractivity contribution is 0.700. The maximum Gasteiger partial charge on any atom is 0.251 e. The van der Waals surface area contributed by atoms with Gasteiger partial charge in [0.25, 0.3) is 5.56 Å². The standard InChI is InChI=1S/C16H21N3O/c1-4-17-10-14-9-16(20)19-15(18-14)8-13-6-11(2)5-12(3)7-13/h5-7,9,17H,4,8,10H2,1-3H3,(H,18,19,20). The molecule has 0 aliphatic heterocycles. The summed E-state index contributed by atoms with van der Waals surface area (Å²) >= 11 is 0. The molecule has 2 N–H and O–H groups in total. The van der Waals surface area contributed by atoms with Gasteiger partial charge in [-0.05, 0) is 26.0 Å². The summed E-state index contributed by atoms with van der Waals surface area (Å²) in [6, 6.07) is 7.95. The van der Waals surface area contributed by atoms with Crippen molar-refractivity contribution in [3.05, 3.63) is 62.8 Å². The molecular formula is C16H21N3O. The molecule has 0 atom stereocenters. The molecule has 1 aromatic heterocycles. The Morgan fingerprint density at radius 1 is 1.15 bits per heavy atom. The van der Waals surface area contributed by atoms with Crippen molar-refractivity contribution in [2.24, 2.45) is 0 Å². The smallest absolute Gasteiger partial charge is 0.251 e. The van der Waals surface area contributed by atoms with Crippen LogP contribution in [0.1, 0.15) is 35.1 Å². The van der Waals surface area contributed by atoms with Gasteiger partial charge in [0, 0.05) is 19.0 Å². The zero-order chi connectivity index (χ0) is 14.5. The van der Waals surface area contributed by atoms with Crippen molar-refractivity contribution < 1.29 is 0 Å². The van der Waals surface area contributed by atoms with Crippen LogP contribution in [0.25, 0.3) is 0 Å². The Balaban J connectivity index is 2.24. The number of benzene rings is 1. The average Bonchev–Trinajstić information content (AvgIpc) is 2.34. The van der Waals surface area contributed by atoms with E-state index in [9.17, 15) is 4.79 Å². The van der Waals surface area contributed by atoms with Crippen LogP contribution in [0.4, 0.5) is 0 Å². The Hall–Kier alpha value is -1.94. The van der Waals surface area contributed by atoms with Crippen LogP contribution in [-0.4, -0.2) is 16.5 Å². The number of aromatic amines is 1. The van der Waals surface area contributed by atoms with Crippen LogP contribution in [0.3, 0.4) is 0 Å². The summed E-state index contributed by atoms with van der Waals surface area (Å²) < 4.78 is 0. The minimum Gasteiger partial charge on any atom is -0.311 e. The number of aromatic nitrogens is 2. The van der Waals surface area contributed by atoms with Gasteiger partial charge in [0.2, 0.25) is 0 Å². The highest BCUT2D eigenvalue weighted by atomic mass is 16.1. The third kappa shape index (κ3) is 4.03. The zero-order valence-corrected chi connectivity index (χ0v) is 12.3. The minimum absolute atomic E-state index is 0.0905. The fraction of sp³-hybridized carbons (Fsp3) is 0.375. The van der Waals surface area contributed by atoms with Gasteiger partial charge in [0.15, 0.2) is 0 Å². The first-order valence-electron chi connectivity index (χ1n) is 6.94. The van der Waals surface area contributed by atoms with Gasteiger partial charge in [0.1, 0.15) is 5.82 Å². The van der Waals surface area contributed by atoms with Crippen LogP contribution in [0.5, 0.6) is 0 Å². The van der Waals surface area contributed by atoms with Crippen molar-refractivity contribution in [3.8, 4) is 0 Å². The van der Waals surface area contributed by atoms with Crippen LogP contribution in [0.2, 0.25) is 0 Å². The van der Waals surface area contributed by atoms with Crippen LogP contribution in [0.15, 0.2) is 29.1 Å². The highest BCUT2D eigenvalue weighted by Gasteiger charge is 2.04. The number of hydrogen-bond donors (Lipinski definition) is 2. The fourth-order valence-electron chi connectivity index (χ4n) is 2.35. The predicted molar refractivity (Wildman–Crippen MR) is 81.0 cm³/mol. The van der Waals surface area contributed by atoms with E-state index in [1.807, 2.05) is 6.92 Å². The molecule has 1 aromatic carbocycles. The highest BCUT2D eigenvalue weighted by molar-refractivity contribution is 5.30. The number of hydrogen-bond acceptors (Lipinski definition) is 3. The second-order valence-electron chi connectivity index (χ2n) is 5.14. The van der Waals surface area contributed by atoms with Gasteiger partial charge >= 0.3 is 0 Å². The molecule has 0 saturated carbocycles.